The molecule has 1 aromatic carbocycles. The Hall–Kier alpha value is -3.29. The van der Waals surface area contributed by atoms with Crippen LogP contribution >= 0.6 is 0 Å². The minimum absolute atomic E-state index is 0.220. The summed E-state index contributed by atoms with van der Waals surface area (Å²) < 4.78 is 13.6. The number of aliphatic imine (C=N–C) groups is 1. The molecule has 3 aromatic rings. The van der Waals surface area contributed by atoms with Crippen LogP contribution in [0.25, 0.3) is 11.2 Å². The van der Waals surface area contributed by atoms with Crippen molar-refractivity contribution in [3.05, 3.63) is 53.2 Å². The van der Waals surface area contributed by atoms with Crippen molar-refractivity contribution in [1.29, 1.82) is 0 Å². The molecule has 0 spiro atoms. The van der Waals surface area contributed by atoms with Crippen molar-refractivity contribution < 1.29 is 9.18 Å². The van der Waals surface area contributed by atoms with E-state index in [1.807, 2.05) is 20.8 Å². The molecule has 8 heteroatoms. The highest BCUT2D eigenvalue weighted by Gasteiger charge is 2.23. The fraction of sp³-hybridized carbons (Fsp3) is 0.333. The Bertz CT molecular complexity index is 1090. The molecule has 0 saturated carbocycles. The highest BCUT2D eigenvalue weighted by Crippen LogP contribution is 2.22. The van der Waals surface area contributed by atoms with Gasteiger partial charge in [-0.3, -0.25) is 9.79 Å². The summed E-state index contributed by atoms with van der Waals surface area (Å²) in [6, 6.07) is 4.41. The molecule has 2 heterocycles. The highest BCUT2D eigenvalue weighted by molar-refractivity contribution is 6.15. The number of hydrogen-bond donors (Lipinski definition) is 3. The van der Waals surface area contributed by atoms with E-state index in [1.54, 1.807) is 32.6 Å². The number of nitrogens with zero attached hydrogens (tertiary/aromatic N) is 3. The molecule has 3 N–H and O–H groups in total. The number of aromatic amines is 1. The van der Waals surface area contributed by atoms with E-state index in [2.05, 4.69) is 30.6 Å². The van der Waals surface area contributed by atoms with E-state index in [9.17, 15) is 9.18 Å². The van der Waals surface area contributed by atoms with Gasteiger partial charge in [-0.05, 0) is 38.5 Å². The van der Waals surface area contributed by atoms with Gasteiger partial charge in [-0.15, -0.1) is 0 Å². The normalized spacial score (nSPS) is 12.3. The average Bonchev–Trinajstić information content (AvgIpc) is 3.12. The zero-order valence-corrected chi connectivity index (χ0v) is 17.2. The summed E-state index contributed by atoms with van der Waals surface area (Å²) in [6.45, 7) is 5.94. The second-order valence-electron chi connectivity index (χ2n) is 7.36. The van der Waals surface area contributed by atoms with Crippen LogP contribution in [0, 0.1) is 5.82 Å². The van der Waals surface area contributed by atoms with Gasteiger partial charge in [-0.2, -0.15) is 0 Å². The molecule has 0 bridgehead atoms. The van der Waals surface area contributed by atoms with Crippen molar-refractivity contribution in [1.82, 2.24) is 20.3 Å². The molecule has 2 aromatic heterocycles. The van der Waals surface area contributed by atoms with Crippen LogP contribution in [0.5, 0.6) is 0 Å². The Morgan fingerprint density at radius 3 is 2.72 bits per heavy atom. The van der Waals surface area contributed by atoms with Gasteiger partial charge in [0, 0.05) is 37.1 Å². The second kappa shape index (κ2) is 7.98. The third-order valence-corrected chi connectivity index (χ3v) is 4.93. The Kier molecular flexibility index (Phi) is 5.63. The number of hydrogen-bond acceptors (Lipinski definition) is 5. The van der Waals surface area contributed by atoms with Crippen LogP contribution in [-0.2, 0) is 0 Å². The molecule has 0 saturated heterocycles. The SMILES string of the molecule is CCC(C)(C)NC(=O)c1c[nH]c2ncc(C(=NC)c3ccc(F)cc3NC)nc12. The summed E-state index contributed by atoms with van der Waals surface area (Å²) in [4.78, 5) is 29.2. The molecular weight excluding hydrogens is 371 g/mol. The van der Waals surface area contributed by atoms with E-state index in [0.717, 1.165) is 6.42 Å². The first-order valence-electron chi connectivity index (χ1n) is 9.41. The summed E-state index contributed by atoms with van der Waals surface area (Å²) in [6.07, 6.45) is 3.98. The van der Waals surface area contributed by atoms with Crippen molar-refractivity contribution >= 4 is 28.5 Å². The minimum atomic E-state index is -0.349. The number of halogens is 1. The van der Waals surface area contributed by atoms with Crippen LogP contribution in [-0.4, -0.2) is 46.2 Å². The molecule has 0 aliphatic rings. The number of benzene rings is 1. The van der Waals surface area contributed by atoms with Crippen molar-refractivity contribution in [2.45, 2.75) is 32.7 Å². The Labute approximate surface area is 168 Å². The molecule has 0 unspecified atom stereocenters. The zero-order chi connectivity index (χ0) is 21.2. The largest absolute Gasteiger partial charge is 0.387 e. The molecular formula is C21H25FN6O. The lowest BCUT2D eigenvalue weighted by Gasteiger charge is -2.24. The van der Waals surface area contributed by atoms with E-state index in [1.165, 1.54) is 12.1 Å². The number of aromatic nitrogens is 3. The van der Waals surface area contributed by atoms with E-state index in [4.69, 9.17) is 0 Å². The van der Waals surface area contributed by atoms with Gasteiger partial charge in [-0.1, -0.05) is 6.92 Å². The number of carbonyl (C=O) groups excluding carboxylic acids is 1. The number of amides is 1. The Balaban J connectivity index is 2.06. The topological polar surface area (TPSA) is 95.1 Å². The number of H-pyrrole nitrogens is 1. The summed E-state index contributed by atoms with van der Waals surface area (Å²) in [5.41, 5.74) is 3.37. The lowest BCUT2D eigenvalue weighted by atomic mass is 10.0. The molecule has 0 radical (unpaired) electrons. The average molecular weight is 396 g/mol. The van der Waals surface area contributed by atoms with Crippen LogP contribution in [0.3, 0.4) is 0 Å². The van der Waals surface area contributed by atoms with Gasteiger partial charge in [-0.25, -0.2) is 14.4 Å². The van der Waals surface area contributed by atoms with Gasteiger partial charge in [0.15, 0.2) is 5.65 Å². The lowest BCUT2D eigenvalue weighted by Crippen LogP contribution is -2.42. The molecule has 7 nitrogen and oxygen atoms in total. The first-order valence-corrected chi connectivity index (χ1v) is 9.41. The first kappa shape index (κ1) is 20.4. The minimum Gasteiger partial charge on any atom is -0.387 e. The fourth-order valence-electron chi connectivity index (χ4n) is 2.94. The van der Waals surface area contributed by atoms with Crippen LogP contribution in [0.2, 0.25) is 0 Å². The van der Waals surface area contributed by atoms with Gasteiger partial charge in [0.25, 0.3) is 5.91 Å². The van der Waals surface area contributed by atoms with Crippen molar-refractivity contribution in [3.63, 3.8) is 0 Å². The number of fused-ring (bicyclic) bond motifs is 1. The molecule has 29 heavy (non-hydrogen) atoms. The maximum absolute atomic E-state index is 13.6. The van der Waals surface area contributed by atoms with Gasteiger partial charge < -0.3 is 15.6 Å². The molecule has 0 fully saturated rings. The molecule has 1 amide bonds. The van der Waals surface area contributed by atoms with Gasteiger partial charge in [0.05, 0.1) is 17.5 Å². The smallest absolute Gasteiger partial charge is 0.255 e. The van der Waals surface area contributed by atoms with Crippen molar-refractivity contribution in [3.8, 4) is 0 Å². The van der Waals surface area contributed by atoms with Gasteiger partial charge in [0.2, 0.25) is 0 Å². The van der Waals surface area contributed by atoms with Crippen LogP contribution in [0.1, 0.15) is 48.8 Å². The quantitative estimate of drug-likeness (QED) is 0.556. The third kappa shape index (κ3) is 4.11. The van der Waals surface area contributed by atoms with Crippen molar-refractivity contribution in [2.24, 2.45) is 4.99 Å². The van der Waals surface area contributed by atoms with Gasteiger partial charge >= 0.3 is 0 Å². The maximum Gasteiger partial charge on any atom is 0.255 e. The number of nitrogens with one attached hydrogen (secondary N) is 3. The summed E-state index contributed by atoms with van der Waals surface area (Å²) >= 11 is 0. The Morgan fingerprint density at radius 2 is 2.07 bits per heavy atom. The van der Waals surface area contributed by atoms with Crippen LogP contribution in [0.4, 0.5) is 10.1 Å². The molecule has 3 rings (SSSR count). The van der Waals surface area contributed by atoms with Crippen molar-refractivity contribution in [2.75, 3.05) is 19.4 Å². The predicted molar refractivity (Wildman–Crippen MR) is 113 cm³/mol. The lowest BCUT2D eigenvalue weighted by molar-refractivity contribution is 0.0913. The monoisotopic (exact) mass is 396 g/mol. The first-order chi connectivity index (χ1) is 13.8. The number of carbonyl (C=O) groups is 1. The standard InChI is InChI=1S/C21H25FN6O/c1-6-21(2,3)28-20(29)14-10-25-19-18(14)27-16(11-26-19)17(24-5)13-8-7-12(22)9-15(13)23-4/h7-11,23H,6H2,1-5H3,(H,25,26)(H,28,29). The van der Waals surface area contributed by atoms with E-state index in [0.29, 0.717) is 39.4 Å². The highest BCUT2D eigenvalue weighted by atomic mass is 19.1. The van der Waals surface area contributed by atoms with Crippen LogP contribution < -0.4 is 10.6 Å². The van der Waals surface area contributed by atoms with E-state index in [-0.39, 0.29) is 17.3 Å². The van der Waals surface area contributed by atoms with E-state index < -0.39 is 0 Å². The third-order valence-electron chi connectivity index (χ3n) is 4.93. The molecule has 0 aliphatic heterocycles. The molecule has 0 aliphatic carbocycles. The number of anilines is 1. The fourth-order valence-corrected chi connectivity index (χ4v) is 2.94. The predicted octanol–water partition coefficient (Wildman–Crippen LogP) is 3.52. The number of rotatable bonds is 6. The van der Waals surface area contributed by atoms with E-state index >= 15 is 0 Å². The molecule has 152 valence electrons. The molecule has 0 atom stereocenters. The summed E-state index contributed by atoms with van der Waals surface area (Å²) in [7, 11) is 3.35. The summed E-state index contributed by atoms with van der Waals surface area (Å²) in [5, 5.41) is 5.99. The zero-order valence-electron chi connectivity index (χ0n) is 17.2. The Morgan fingerprint density at radius 1 is 1.31 bits per heavy atom. The summed E-state index contributed by atoms with van der Waals surface area (Å²) in [5.74, 6) is -0.569. The van der Waals surface area contributed by atoms with Crippen LogP contribution in [0.15, 0.2) is 35.6 Å². The van der Waals surface area contributed by atoms with Gasteiger partial charge in [0.1, 0.15) is 17.0 Å². The second-order valence-corrected chi connectivity index (χ2v) is 7.36. The maximum atomic E-state index is 13.6.